The number of ether oxygens (including phenoxy) is 1. The van der Waals surface area contributed by atoms with Gasteiger partial charge in [-0.25, -0.2) is 28.4 Å². The number of aromatic nitrogens is 6. The third kappa shape index (κ3) is 4.79. The summed E-state index contributed by atoms with van der Waals surface area (Å²) in [5.41, 5.74) is 7.27. The Hall–Kier alpha value is -3.13. The molecule has 5 N–H and O–H groups in total. The average molecular weight is 530 g/mol. The number of nitrogens with zero attached hydrogens (tertiary/aromatic N) is 5. The highest BCUT2D eigenvalue weighted by Crippen LogP contribution is 2.33. The highest BCUT2D eigenvalue weighted by molar-refractivity contribution is 7.91. The Morgan fingerprint density at radius 1 is 1.27 bits per heavy atom. The number of aryl methyl sites for hydroxylation is 1. The fraction of sp³-hybridized carbons (Fsp3) is 0.500. The quantitative estimate of drug-likeness (QED) is 0.270. The fourth-order valence-electron chi connectivity index (χ4n) is 4.63. The summed E-state index contributed by atoms with van der Waals surface area (Å²) in [4.78, 5) is 19.9. The maximum Gasteiger partial charge on any atom is 0.197 e. The van der Waals surface area contributed by atoms with Gasteiger partial charge in [0.2, 0.25) is 0 Å². The minimum Gasteiger partial charge on any atom is -0.385 e. The molecule has 198 valence electrons. The highest BCUT2D eigenvalue weighted by Gasteiger charge is 2.51. The third-order valence-corrected chi connectivity index (χ3v) is 8.55. The summed E-state index contributed by atoms with van der Waals surface area (Å²) < 4.78 is 32.5. The van der Waals surface area contributed by atoms with Crippen LogP contribution in [0.3, 0.4) is 0 Å². The maximum atomic E-state index is 12.8. The van der Waals surface area contributed by atoms with Crippen LogP contribution in [0.2, 0.25) is 0 Å². The van der Waals surface area contributed by atoms with Crippen molar-refractivity contribution in [3.63, 3.8) is 0 Å². The van der Waals surface area contributed by atoms with E-state index in [1.807, 2.05) is 6.07 Å². The lowest BCUT2D eigenvalue weighted by Crippen LogP contribution is -2.47. The van der Waals surface area contributed by atoms with Gasteiger partial charge in [0.25, 0.3) is 0 Å². The highest BCUT2D eigenvalue weighted by atomic mass is 32.2. The van der Waals surface area contributed by atoms with Crippen molar-refractivity contribution in [1.29, 1.82) is 0 Å². The molecule has 13 heteroatoms. The Kier molecular flexibility index (Phi) is 6.21. The summed E-state index contributed by atoms with van der Waals surface area (Å²) in [6.07, 6.45) is 0.658. The van der Waals surface area contributed by atoms with Crippen LogP contribution in [0.15, 0.2) is 30.9 Å². The van der Waals surface area contributed by atoms with Crippen LogP contribution < -0.4 is 5.73 Å². The van der Waals surface area contributed by atoms with Crippen molar-refractivity contribution >= 4 is 37.9 Å². The summed E-state index contributed by atoms with van der Waals surface area (Å²) in [6.45, 7) is 6.08. The van der Waals surface area contributed by atoms with E-state index < -0.39 is 33.5 Å². The van der Waals surface area contributed by atoms with Gasteiger partial charge < -0.3 is 25.7 Å². The Morgan fingerprint density at radius 3 is 2.81 bits per heavy atom. The van der Waals surface area contributed by atoms with Gasteiger partial charge in [-0.3, -0.25) is 4.57 Å². The number of fused-ring (bicyclic) bond motifs is 2. The number of anilines is 1. The second kappa shape index (κ2) is 9.01. The average Bonchev–Trinajstić information content (AvgIpc) is 3.51. The van der Waals surface area contributed by atoms with E-state index >= 15 is 0 Å². The molecule has 0 aliphatic carbocycles. The molecule has 1 aliphatic heterocycles. The number of nitrogen functional groups attached to an aromatic ring is 1. The van der Waals surface area contributed by atoms with Crippen LogP contribution in [0.25, 0.3) is 22.2 Å². The van der Waals surface area contributed by atoms with Gasteiger partial charge in [0, 0.05) is 6.42 Å². The second-order valence-electron chi connectivity index (χ2n) is 10.6. The van der Waals surface area contributed by atoms with Crippen molar-refractivity contribution in [3.05, 3.63) is 42.2 Å². The first-order chi connectivity index (χ1) is 17.4. The maximum absolute atomic E-state index is 12.8. The molecule has 1 aliphatic rings. The number of aliphatic hydroxyl groups excluding tert-OH is 1. The predicted molar refractivity (Wildman–Crippen MR) is 137 cm³/mol. The van der Waals surface area contributed by atoms with E-state index in [1.54, 1.807) is 0 Å². The summed E-state index contributed by atoms with van der Waals surface area (Å²) in [5, 5.41) is 22.0. The smallest absolute Gasteiger partial charge is 0.197 e. The monoisotopic (exact) mass is 529 g/mol. The lowest BCUT2D eigenvalue weighted by atomic mass is 9.87. The van der Waals surface area contributed by atoms with Gasteiger partial charge in [-0.15, -0.1) is 0 Å². The van der Waals surface area contributed by atoms with Gasteiger partial charge in [0.15, 0.2) is 27.0 Å². The Balaban J connectivity index is 1.22. The SMILES string of the molecule is CC(C)(C)c1ccc2[nH]c(CCCS(=O)(=O)C[C@H]3OC[C@](O)(n4cnc5c(N)ncnc54)[C@@H]3O)nc2c1. The summed E-state index contributed by atoms with van der Waals surface area (Å²) in [6, 6.07) is 6.11. The summed E-state index contributed by atoms with van der Waals surface area (Å²) >= 11 is 0. The molecule has 1 aromatic carbocycles. The summed E-state index contributed by atoms with van der Waals surface area (Å²) in [7, 11) is -3.60. The van der Waals surface area contributed by atoms with Crippen molar-refractivity contribution in [2.45, 2.75) is 57.0 Å². The van der Waals surface area contributed by atoms with Crippen LogP contribution >= 0.6 is 0 Å². The van der Waals surface area contributed by atoms with E-state index in [0.29, 0.717) is 12.8 Å². The van der Waals surface area contributed by atoms with Crippen molar-refractivity contribution < 1.29 is 23.4 Å². The molecule has 4 aromatic rings. The minimum atomic E-state index is -3.60. The van der Waals surface area contributed by atoms with Gasteiger partial charge in [-0.1, -0.05) is 26.8 Å². The van der Waals surface area contributed by atoms with E-state index in [2.05, 4.69) is 57.8 Å². The lowest BCUT2D eigenvalue weighted by molar-refractivity contribution is -0.107. The number of nitrogens with two attached hydrogens (primary N) is 1. The Morgan fingerprint density at radius 2 is 2.05 bits per heavy atom. The van der Waals surface area contributed by atoms with Crippen molar-refractivity contribution in [2.24, 2.45) is 0 Å². The van der Waals surface area contributed by atoms with Gasteiger partial charge in [0.05, 0.1) is 35.5 Å². The number of nitrogens with one attached hydrogen (secondary N) is 1. The number of aromatic amines is 1. The molecule has 0 bridgehead atoms. The molecule has 37 heavy (non-hydrogen) atoms. The molecule has 0 radical (unpaired) electrons. The zero-order chi connectivity index (χ0) is 26.6. The van der Waals surface area contributed by atoms with Crippen LogP contribution in [0.5, 0.6) is 0 Å². The number of aliphatic hydroxyl groups is 2. The standard InChI is InChI=1S/C24H31N7O5S/c1-23(2,3)14-6-7-15-16(9-14)30-18(29-15)5-4-8-37(34,35)10-17-20(32)24(33,11-36-17)31-13-28-19-21(25)26-12-27-22(19)31/h6-7,9,12-13,17,20,32-33H,4-5,8,10-11H2,1-3H3,(H,29,30)(H2,25,26,27)/t17-,20-,24-/m1/s1. The van der Waals surface area contributed by atoms with E-state index in [1.165, 1.54) is 22.8 Å². The first-order valence-electron chi connectivity index (χ1n) is 12.0. The molecule has 0 unspecified atom stereocenters. The van der Waals surface area contributed by atoms with Crippen molar-refractivity contribution in [3.8, 4) is 0 Å². The Bertz CT molecular complexity index is 1560. The number of H-pyrrole nitrogens is 1. The second-order valence-corrected chi connectivity index (χ2v) is 12.8. The molecular formula is C24H31N7O5S. The third-order valence-electron chi connectivity index (χ3n) is 6.80. The Labute approximate surface area is 213 Å². The van der Waals surface area contributed by atoms with E-state index in [0.717, 1.165) is 16.9 Å². The van der Waals surface area contributed by atoms with Crippen LogP contribution in [-0.2, 0) is 32.1 Å². The number of rotatable bonds is 7. The van der Waals surface area contributed by atoms with Gasteiger partial charge in [-0.05, 0) is 29.5 Å². The number of benzene rings is 1. The largest absolute Gasteiger partial charge is 0.385 e. The number of hydrogen-bond acceptors (Lipinski definition) is 10. The molecule has 0 amide bonds. The lowest BCUT2D eigenvalue weighted by Gasteiger charge is -2.27. The first kappa shape index (κ1) is 25.5. The van der Waals surface area contributed by atoms with Gasteiger partial charge >= 0.3 is 0 Å². The topological polar surface area (TPSA) is 182 Å². The van der Waals surface area contributed by atoms with E-state index in [9.17, 15) is 18.6 Å². The molecule has 3 aromatic heterocycles. The van der Waals surface area contributed by atoms with E-state index in [4.69, 9.17) is 10.5 Å². The molecule has 1 saturated heterocycles. The molecule has 12 nitrogen and oxygen atoms in total. The molecule has 0 saturated carbocycles. The zero-order valence-electron chi connectivity index (χ0n) is 20.9. The number of sulfone groups is 1. The first-order valence-corrected chi connectivity index (χ1v) is 13.9. The normalized spacial score (nSPS) is 22.8. The van der Waals surface area contributed by atoms with Crippen LogP contribution in [0.1, 0.15) is 38.6 Å². The fourth-order valence-corrected chi connectivity index (χ4v) is 6.16. The molecule has 3 atom stereocenters. The van der Waals surface area contributed by atoms with Crippen LogP contribution in [0, 0.1) is 0 Å². The number of hydrogen-bond donors (Lipinski definition) is 4. The van der Waals surface area contributed by atoms with E-state index in [-0.39, 0.29) is 34.8 Å². The molecular weight excluding hydrogens is 498 g/mol. The molecule has 0 spiro atoms. The minimum absolute atomic E-state index is 0.00640. The van der Waals surface area contributed by atoms with Crippen molar-refractivity contribution in [2.75, 3.05) is 23.8 Å². The van der Waals surface area contributed by atoms with Gasteiger partial charge in [0.1, 0.15) is 29.9 Å². The molecule has 5 rings (SSSR count). The van der Waals surface area contributed by atoms with Gasteiger partial charge in [-0.2, -0.15) is 0 Å². The molecule has 4 heterocycles. The van der Waals surface area contributed by atoms with Crippen LogP contribution in [0.4, 0.5) is 5.82 Å². The predicted octanol–water partition coefficient (Wildman–Crippen LogP) is 1.03. The van der Waals surface area contributed by atoms with Crippen molar-refractivity contribution in [1.82, 2.24) is 29.5 Å². The molecule has 1 fully saturated rings. The number of imidazole rings is 2. The summed E-state index contributed by atoms with van der Waals surface area (Å²) in [5.74, 6) is 0.296. The zero-order valence-corrected chi connectivity index (χ0v) is 21.7. The van der Waals surface area contributed by atoms with Crippen LogP contribution in [-0.4, -0.2) is 78.4 Å².